The number of methoxy groups -OCH3 is 1. The first kappa shape index (κ1) is 20.3. The number of benzene rings is 2. The molecule has 1 fully saturated rings. The smallest absolute Gasteiger partial charge is 0.220 e. The fourth-order valence-electron chi connectivity index (χ4n) is 4.17. The van der Waals surface area contributed by atoms with E-state index in [9.17, 15) is 9.59 Å². The Morgan fingerprint density at radius 2 is 2.10 bits per heavy atom. The van der Waals surface area contributed by atoms with Gasteiger partial charge in [0.15, 0.2) is 0 Å². The van der Waals surface area contributed by atoms with Gasteiger partial charge in [-0.1, -0.05) is 30.3 Å². The normalized spacial score (nSPS) is 18.4. The highest BCUT2D eigenvalue weighted by Gasteiger charge is 2.38. The third kappa shape index (κ3) is 4.46. The Labute approximate surface area is 179 Å². The molecule has 0 spiro atoms. The average Bonchev–Trinajstić information content (AvgIpc) is 3.41. The fourth-order valence-corrected chi connectivity index (χ4v) is 4.72. The zero-order chi connectivity index (χ0) is 21.0. The SMILES string of the molecule is COc1ccc(C[C@@]2(CCC(=O)NCc3nccs3)CCC(=O)N2)c2ccccc12. The van der Waals surface area contributed by atoms with Gasteiger partial charge in [0, 0.05) is 35.3 Å². The molecule has 1 atom stereocenters. The first-order chi connectivity index (χ1) is 14.6. The van der Waals surface area contributed by atoms with Crippen LogP contribution in [-0.4, -0.2) is 29.4 Å². The summed E-state index contributed by atoms with van der Waals surface area (Å²) < 4.78 is 5.50. The lowest BCUT2D eigenvalue weighted by Gasteiger charge is -2.30. The molecule has 30 heavy (non-hydrogen) atoms. The summed E-state index contributed by atoms with van der Waals surface area (Å²) in [6.45, 7) is 0.443. The van der Waals surface area contributed by atoms with E-state index in [4.69, 9.17) is 4.74 Å². The van der Waals surface area contributed by atoms with Crippen LogP contribution in [0, 0.1) is 0 Å². The molecule has 1 aliphatic rings. The zero-order valence-corrected chi connectivity index (χ0v) is 17.8. The Bertz CT molecular complexity index is 1050. The van der Waals surface area contributed by atoms with Crippen LogP contribution in [-0.2, 0) is 22.6 Å². The lowest BCUT2D eigenvalue weighted by molar-refractivity contribution is -0.122. The number of amides is 2. The van der Waals surface area contributed by atoms with Crippen molar-refractivity contribution in [1.82, 2.24) is 15.6 Å². The Hall–Kier alpha value is -2.93. The summed E-state index contributed by atoms with van der Waals surface area (Å²) in [4.78, 5) is 28.7. The van der Waals surface area contributed by atoms with Crippen LogP contribution in [0.1, 0.15) is 36.3 Å². The molecule has 3 aromatic rings. The molecule has 0 radical (unpaired) electrons. The fraction of sp³-hybridized carbons (Fsp3) is 0.348. The minimum Gasteiger partial charge on any atom is -0.496 e. The van der Waals surface area contributed by atoms with E-state index >= 15 is 0 Å². The van der Waals surface area contributed by atoms with Crippen LogP contribution >= 0.6 is 11.3 Å². The molecular formula is C23H25N3O3S. The van der Waals surface area contributed by atoms with Crippen LogP contribution in [0.25, 0.3) is 10.8 Å². The summed E-state index contributed by atoms with van der Waals surface area (Å²) in [5, 5.41) is 11.0. The maximum absolute atomic E-state index is 12.4. The number of nitrogens with zero attached hydrogens (tertiary/aromatic N) is 1. The molecule has 0 unspecified atom stereocenters. The van der Waals surface area contributed by atoms with Gasteiger partial charge in [-0.25, -0.2) is 4.98 Å². The average molecular weight is 424 g/mol. The van der Waals surface area contributed by atoms with Crippen molar-refractivity contribution >= 4 is 33.9 Å². The number of rotatable bonds is 8. The number of fused-ring (bicyclic) bond motifs is 1. The minimum atomic E-state index is -0.410. The van der Waals surface area contributed by atoms with Crippen LogP contribution in [0.5, 0.6) is 5.75 Å². The monoisotopic (exact) mass is 423 g/mol. The Kier molecular flexibility index (Phi) is 5.99. The van der Waals surface area contributed by atoms with E-state index < -0.39 is 5.54 Å². The first-order valence-corrected chi connectivity index (χ1v) is 11.0. The molecule has 1 aromatic heterocycles. The summed E-state index contributed by atoms with van der Waals surface area (Å²) >= 11 is 1.52. The Morgan fingerprint density at radius 1 is 1.27 bits per heavy atom. The molecule has 4 rings (SSSR count). The lowest BCUT2D eigenvalue weighted by Crippen LogP contribution is -2.44. The van der Waals surface area contributed by atoms with Gasteiger partial charge in [-0.05, 0) is 36.3 Å². The van der Waals surface area contributed by atoms with E-state index in [0.717, 1.165) is 33.5 Å². The van der Waals surface area contributed by atoms with Crippen molar-refractivity contribution in [2.24, 2.45) is 0 Å². The summed E-state index contributed by atoms with van der Waals surface area (Å²) in [7, 11) is 1.67. The largest absolute Gasteiger partial charge is 0.496 e. The van der Waals surface area contributed by atoms with Crippen molar-refractivity contribution in [3.63, 3.8) is 0 Å². The van der Waals surface area contributed by atoms with E-state index in [0.29, 0.717) is 32.2 Å². The summed E-state index contributed by atoms with van der Waals surface area (Å²) in [6, 6.07) is 12.2. The van der Waals surface area contributed by atoms with Crippen molar-refractivity contribution < 1.29 is 14.3 Å². The molecule has 0 bridgehead atoms. The van der Waals surface area contributed by atoms with E-state index in [1.54, 1.807) is 13.3 Å². The van der Waals surface area contributed by atoms with Gasteiger partial charge in [0.05, 0.1) is 13.7 Å². The molecule has 2 aromatic carbocycles. The Balaban J connectivity index is 1.50. The van der Waals surface area contributed by atoms with Gasteiger partial charge in [0.2, 0.25) is 11.8 Å². The first-order valence-electron chi connectivity index (χ1n) is 10.1. The van der Waals surface area contributed by atoms with Crippen molar-refractivity contribution in [2.75, 3.05) is 7.11 Å². The van der Waals surface area contributed by atoms with Crippen LogP contribution in [0.2, 0.25) is 0 Å². The number of nitrogens with one attached hydrogen (secondary N) is 2. The summed E-state index contributed by atoms with van der Waals surface area (Å²) in [5.74, 6) is 0.863. The van der Waals surface area contributed by atoms with Crippen molar-refractivity contribution in [2.45, 2.75) is 44.2 Å². The van der Waals surface area contributed by atoms with Gasteiger partial charge in [0.25, 0.3) is 0 Å². The molecule has 2 N–H and O–H groups in total. The maximum atomic E-state index is 12.4. The van der Waals surface area contributed by atoms with Crippen molar-refractivity contribution in [3.8, 4) is 5.75 Å². The van der Waals surface area contributed by atoms with Gasteiger partial charge in [-0.15, -0.1) is 11.3 Å². The minimum absolute atomic E-state index is 0.0229. The number of ether oxygens (including phenoxy) is 1. The zero-order valence-electron chi connectivity index (χ0n) is 16.9. The molecule has 0 aliphatic carbocycles. The van der Waals surface area contributed by atoms with E-state index in [1.165, 1.54) is 11.3 Å². The third-order valence-electron chi connectivity index (χ3n) is 5.71. The van der Waals surface area contributed by atoms with Gasteiger partial charge in [-0.3, -0.25) is 9.59 Å². The summed E-state index contributed by atoms with van der Waals surface area (Å²) in [5.41, 5.74) is 0.740. The molecule has 2 heterocycles. The van der Waals surface area contributed by atoms with E-state index in [-0.39, 0.29) is 11.8 Å². The number of carbonyl (C=O) groups excluding carboxylic acids is 2. The van der Waals surface area contributed by atoms with E-state index in [2.05, 4.69) is 27.8 Å². The van der Waals surface area contributed by atoms with Gasteiger partial charge >= 0.3 is 0 Å². The third-order valence-corrected chi connectivity index (χ3v) is 6.49. The van der Waals surface area contributed by atoms with Crippen LogP contribution in [0.3, 0.4) is 0 Å². The standard InChI is InChI=1S/C23H25N3O3S/c1-29-19-7-6-16(17-4-2-3-5-18(17)19)14-23(11-9-21(28)26-23)10-8-20(27)25-15-22-24-12-13-30-22/h2-7,12-13H,8-11,14-15H2,1H3,(H,25,27)(H,26,28)/t23-/m1/s1. The predicted molar refractivity (Wildman–Crippen MR) is 118 cm³/mol. The second kappa shape index (κ2) is 8.83. The van der Waals surface area contributed by atoms with Gasteiger partial charge < -0.3 is 15.4 Å². The van der Waals surface area contributed by atoms with Crippen LogP contribution in [0.15, 0.2) is 48.0 Å². The van der Waals surface area contributed by atoms with Gasteiger partial charge in [0.1, 0.15) is 10.8 Å². The van der Waals surface area contributed by atoms with Crippen LogP contribution in [0.4, 0.5) is 0 Å². The number of hydrogen-bond acceptors (Lipinski definition) is 5. The number of carbonyl (C=O) groups is 2. The predicted octanol–water partition coefficient (Wildman–Crippen LogP) is 3.59. The number of hydrogen-bond donors (Lipinski definition) is 2. The second-order valence-corrected chi connectivity index (χ2v) is 8.66. The lowest BCUT2D eigenvalue weighted by atomic mass is 9.83. The highest BCUT2D eigenvalue weighted by molar-refractivity contribution is 7.09. The Morgan fingerprint density at radius 3 is 2.80 bits per heavy atom. The quantitative estimate of drug-likeness (QED) is 0.580. The molecule has 0 saturated carbocycles. The topological polar surface area (TPSA) is 80.3 Å². The summed E-state index contributed by atoms with van der Waals surface area (Å²) in [6.07, 6.45) is 4.60. The van der Waals surface area contributed by atoms with Gasteiger partial charge in [-0.2, -0.15) is 0 Å². The molecule has 2 amide bonds. The van der Waals surface area contributed by atoms with Crippen molar-refractivity contribution in [1.29, 1.82) is 0 Å². The molecule has 156 valence electrons. The number of aromatic nitrogens is 1. The molecule has 1 aliphatic heterocycles. The second-order valence-electron chi connectivity index (χ2n) is 7.68. The molecule has 7 heteroatoms. The van der Waals surface area contributed by atoms with Crippen LogP contribution < -0.4 is 15.4 Å². The molecular weight excluding hydrogens is 398 g/mol. The number of thiazole rings is 1. The maximum Gasteiger partial charge on any atom is 0.220 e. The highest BCUT2D eigenvalue weighted by atomic mass is 32.1. The van der Waals surface area contributed by atoms with Crippen molar-refractivity contribution in [3.05, 3.63) is 58.5 Å². The molecule has 1 saturated heterocycles. The molecule has 6 nitrogen and oxygen atoms in total. The highest BCUT2D eigenvalue weighted by Crippen LogP contribution is 2.34. The van der Waals surface area contributed by atoms with E-state index in [1.807, 2.05) is 29.6 Å².